The minimum absolute atomic E-state index is 0.00349. The number of methoxy groups -OCH3 is 1. The van der Waals surface area contributed by atoms with E-state index >= 15 is 0 Å². The molecule has 7 heteroatoms. The van der Waals surface area contributed by atoms with Gasteiger partial charge >= 0.3 is 6.09 Å². The van der Waals surface area contributed by atoms with E-state index in [1.165, 1.54) is 11.1 Å². The highest BCUT2D eigenvalue weighted by atomic mass is 16.6. The van der Waals surface area contributed by atoms with Crippen LogP contribution in [0.25, 0.3) is 11.1 Å². The number of carbonyl (C=O) groups excluding carboxylic acids is 1. The molecule has 2 aromatic rings. The van der Waals surface area contributed by atoms with Gasteiger partial charge in [-0.25, -0.2) is 4.79 Å². The van der Waals surface area contributed by atoms with Gasteiger partial charge < -0.3 is 29.4 Å². The predicted octanol–water partition coefficient (Wildman–Crippen LogP) is 2.57. The van der Waals surface area contributed by atoms with Gasteiger partial charge in [0.05, 0.1) is 45.7 Å². The molecule has 1 aliphatic rings. The van der Waals surface area contributed by atoms with Crippen LogP contribution in [0.2, 0.25) is 0 Å². The zero-order valence-electron chi connectivity index (χ0n) is 17.2. The maximum atomic E-state index is 12.3. The molecular weight excluding hydrogens is 386 g/mol. The quantitative estimate of drug-likeness (QED) is 0.518. The SMILES string of the molecule is COCCOCCOC[C@@H](CO)NC(=O)OCC1c2ccccc2-c2ccccc21. The summed E-state index contributed by atoms with van der Waals surface area (Å²) in [5.41, 5.74) is 4.66. The largest absolute Gasteiger partial charge is 0.449 e. The monoisotopic (exact) mass is 415 g/mol. The predicted molar refractivity (Wildman–Crippen MR) is 113 cm³/mol. The average molecular weight is 415 g/mol. The van der Waals surface area contributed by atoms with E-state index in [1.807, 2.05) is 24.3 Å². The summed E-state index contributed by atoms with van der Waals surface area (Å²) in [5, 5.41) is 12.1. The second kappa shape index (κ2) is 11.7. The van der Waals surface area contributed by atoms with Crippen LogP contribution in [0.3, 0.4) is 0 Å². The third kappa shape index (κ3) is 5.79. The molecule has 1 aliphatic carbocycles. The summed E-state index contributed by atoms with van der Waals surface area (Å²) in [4.78, 5) is 12.3. The second-order valence-electron chi connectivity index (χ2n) is 7.03. The fourth-order valence-corrected chi connectivity index (χ4v) is 3.53. The molecule has 30 heavy (non-hydrogen) atoms. The highest BCUT2D eigenvalue weighted by Crippen LogP contribution is 2.44. The van der Waals surface area contributed by atoms with Crippen molar-refractivity contribution in [2.45, 2.75) is 12.0 Å². The molecule has 7 nitrogen and oxygen atoms in total. The first-order chi connectivity index (χ1) is 14.7. The summed E-state index contributed by atoms with van der Waals surface area (Å²) >= 11 is 0. The first kappa shape index (κ1) is 22.2. The van der Waals surface area contributed by atoms with Crippen molar-refractivity contribution < 1.29 is 28.8 Å². The highest BCUT2D eigenvalue weighted by molar-refractivity contribution is 5.79. The smallest absolute Gasteiger partial charge is 0.407 e. The number of alkyl carbamates (subject to hydrolysis) is 1. The fraction of sp³-hybridized carbons (Fsp3) is 0.435. The molecule has 0 unspecified atom stereocenters. The Bertz CT molecular complexity index is 766. The maximum Gasteiger partial charge on any atom is 0.407 e. The zero-order valence-corrected chi connectivity index (χ0v) is 17.2. The molecule has 0 saturated heterocycles. The number of hydrogen-bond acceptors (Lipinski definition) is 6. The number of rotatable bonds is 12. The Hall–Kier alpha value is -2.45. The van der Waals surface area contributed by atoms with Gasteiger partial charge in [-0.1, -0.05) is 48.5 Å². The Labute approximate surface area is 176 Å². The highest BCUT2D eigenvalue weighted by Gasteiger charge is 2.29. The molecule has 0 radical (unpaired) electrons. The van der Waals surface area contributed by atoms with Crippen LogP contribution in [0.4, 0.5) is 4.79 Å². The van der Waals surface area contributed by atoms with Crippen molar-refractivity contribution in [3.8, 4) is 11.1 Å². The van der Waals surface area contributed by atoms with Crippen molar-refractivity contribution >= 4 is 6.09 Å². The lowest BCUT2D eigenvalue weighted by atomic mass is 9.98. The van der Waals surface area contributed by atoms with Gasteiger partial charge in [0, 0.05) is 13.0 Å². The molecule has 1 amide bonds. The van der Waals surface area contributed by atoms with Crippen LogP contribution in [0.15, 0.2) is 48.5 Å². The standard InChI is InChI=1S/C23H29NO6/c1-27-10-11-28-12-13-29-15-17(14-25)24-23(26)30-16-22-20-8-4-2-6-18(20)19-7-3-5-9-21(19)22/h2-9,17,22,25H,10-16H2,1H3,(H,24,26)/t17-/m1/s1. The van der Waals surface area contributed by atoms with Crippen LogP contribution in [-0.2, 0) is 18.9 Å². The first-order valence-corrected chi connectivity index (χ1v) is 10.1. The van der Waals surface area contributed by atoms with E-state index in [2.05, 4.69) is 29.6 Å². The van der Waals surface area contributed by atoms with E-state index in [0.717, 1.165) is 11.1 Å². The minimum Gasteiger partial charge on any atom is -0.449 e. The van der Waals surface area contributed by atoms with Crippen LogP contribution in [0.5, 0.6) is 0 Å². The molecule has 3 rings (SSSR count). The van der Waals surface area contributed by atoms with Crippen LogP contribution in [0.1, 0.15) is 17.0 Å². The lowest BCUT2D eigenvalue weighted by molar-refractivity contribution is 0.0146. The summed E-state index contributed by atoms with van der Waals surface area (Å²) in [6.07, 6.45) is -0.573. The van der Waals surface area contributed by atoms with Crippen LogP contribution >= 0.6 is 0 Å². The fourth-order valence-electron chi connectivity index (χ4n) is 3.53. The molecule has 0 aliphatic heterocycles. The Kier molecular flexibility index (Phi) is 8.65. The van der Waals surface area contributed by atoms with E-state index in [0.29, 0.717) is 26.4 Å². The molecule has 2 aromatic carbocycles. The summed E-state index contributed by atoms with van der Waals surface area (Å²) in [5.74, 6) is -0.00349. The number of hydrogen-bond donors (Lipinski definition) is 2. The van der Waals surface area contributed by atoms with E-state index in [4.69, 9.17) is 18.9 Å². The van der Waals surface area contributed by atoms with Gasteiger partial charge in [0.1, 0.15) is 6.61 Å². The van der Waals surface area contributed by atoms with Gasteiger partial charge in [0.15, 0.2) is 0 Å². The van der Waals surface area contributed by atoms with Crippen molar-refractivity contribution in [2.24, 2.45) is 0 Å². The van der Waals surface area contributed by atoms with E-state index in [-0.39, 0.29) is 25.7 Å². The number of fused-ring (bicyclic) bond motifs is 3. The summed E-state index contributed by atoms with van der Waals surface area (Å²) in [7, 11) is 1.61. The number of nitrogens with one attached hydrogen (secondary N) is 1. The van der Waals surface area contributed by atoms with Crippen molar-refractivity contribution in [3.05, 3.63) is 59.7 Å². The number of carbonyl (C=O) groups is 1. The number of aliphatic hydroxyl groups excluding tert-OH is 1. The van der Waals surface area contributed by atoms with Gasteiger partial charge in [0.2, 0.25) is 0 Å². The van der Waals surface area contributed by atoms with Crippen molar-refractivity contribution in [3.63, 3.8) is 0 Å². The minimum atomic E-state index is -0.573. The molecule has 0 saturated carbocycles. The molecule has 162 valence electrons. The topological polar surface area (TPSA) is 86.3 Å². The molecule has 0 heterocycles. The van der Waals surface area contributed by atoms with Gasteiger partial charge in [-0.3, -0.25) is 0 Å². The second-order valence-corrected chi connectivity index (χ2v) is 7.03. The third-order valence-corrected chi connectivity index (χ3v) is 5.01. The molecule has 0 spiro atoms. The molecular formula is C23H29NO6. The number of aliphatic hydroxyl groups is 1. The number of benzene rings is 2. The van der Waals surface area contributed by atoms with E-state index < -0.39 is 12.1 Å². The lowest BCUT2D eigenvalue weighted by Crippen LogP contribution is -2.41. The molecule has 2 N–H and O–H groups in total. The van der Waals surface area contributed by atoms with Gasteiger partial charge in [-0.05, 0) is 22.3 Å². The Balaban J connectivity index is 1.45. The van der Waals surface area contributed by atoms with E-state index in [1.54, 1.807) is 7.11 Å². The van der Waals surface area contributed by atoms with Crippen molar-refractivity contribution in [1.29, 1.82) is 0 Å². The number of ether oxygens (including phenoxy) is 4. The average Bonchev–Trinajstić information content (AvgIpc) is 3.10. The zero-order chi connectivity index (χ0) is 21.2. The van der Waals surface area contributed by atoms with Gasteiger partial charge in [-0.15, -0.1) is 0 Å². The summed E-state index contributed by atoms with van der Waals surface area (Å²) in [6.45, 7) is 1.98. The van der Waals surface area contributed by atoms with Gasteiger partial charge in [-0.2, -0.15) is 0 Å². The Morgan fingerprint density at radius 1 is 0.967 bits per heavy atom. The van der Waals surface area contributed by atoms with Crippen LogP contribution in [-0.4, -0.2) is 70.6 Å². The lowest BCUT2D eigenvalue weighted by Gasteiger charge is -2.18. The van der Waals surface area contributed by atoms with Crippen LogP contribution in [0, 0.1) is 0 Å². The maximum absolute atomic E-state index is 12.3. The molecule has 1 atom stereocenters. The van der Waals surface area contributed by atoms with Crippen molar-refractivity contribution in [1.82, 2.24) is 5.32 Å². The third-order valence-electron chi connectivity index (χ3n) is 5.01. The summed E-state index contributed by atoms with van der Waals surface area (Å²) < 4.78 is 21.1. The molecule has 0 aromatic heterocycles. The Morgan fingerprint density at radius 3 is 2.20 bits per heavy atom. The van der Waals surface area contributed by atoms with Crippen molar-refractivity contribution in [2.75, 3.05) is 53.4 Å². The molecule has 0 fully saturated rings. The normalized spacial score (nSPS) is 13.5. The molecule has 0 bridgehead atoms. The first-order valence-electron chi connectivity index (χ1n) is 10.1. The van der Waals surface area contributed by atoms with Gasteiger partial charge in [0.25, 0.3) is 0 Å². The summed E-state index contributed by atoms with van der Waals surface area (Å²) in [6, 6.07) is 15.8. The van der Waals surface area contributed by atoms with Crippen LogP contribution < -0.4 is 5.32 Å². The number of amides is 1. The van der Waals surface area contributed by atoms with E-state index in [9.17, 15) is 9.90 Å². The Morgan fingerprint density at radius 2 is 1.57 bits per heavy atom.